The molecule has 17 heavy (non-hydrogen) atoms. The Morgan fingerprint density at radius 3 is 2.76 bits per heavy atom. The lowest BCUT2D eigenvalue weighted by atomic mass is 10.2. The molecule has 0 spiro atoms. The van der Waals surface area contributed by atoms with E-state index in [2.05, 4.69) is 6.07 Å². The maximum absolute atomic E-state index is 8.87. The van der Waals surface area contributed by atoms with Crippen LogP contribution in [0.3, 0.4) is 0 Å². The van der Waals surface area contributed by atoms with Gasteiger partial charge in [0.25, 0.3) is 0 Å². The number of nitrogens with zero attached hydrogens (tertiary/aromatic N) is 1. The first-order valence-corrected chi connectivity index (χ1v) is 5.88. The molecule has 0 saturated carbocycles. The number of hydrogen-bond donors (Lipinski definition) is 1. The lowest BCUT2D eigenvalue weighted by molar-refractivity contribution is 0.633. The minimum absolute atomic E-state index is 0.507. The van der Waals surface area contributed by atoms with Crippen molar-refractivity contribution in [3.63, 3.8) is 0 Å². The lowest BCUT2D eigenvalue weighted by Crippen LogP contribution is -1.81. The molecule has 3 rings (SSSR count). The van der Waals surface area contributed by atoms with Gasteiger partial charge in [-0.2, -0.15) is 5.26 Å². The van der Waals surface area contributed by atoms with Crippen LogP contribution in [0, 0.1) is 11.3 Å². The zero-order valence-corrected chi connectivity index (χ0v) is 9.62. The van der Waals surface area contributed by atoms with Crippen molar-refractivity contribution in [3.05, 3.63) is 41.3 Å². The molecule has 0 amide bonds. The summed E-state index contributed by atoms with van der Waals surface area (Å²) in [6.07, 6.45) is 0. The van der Waals surface area contributed by atoms with Crippen molar-refractivity contribution in [1.82, 2.24) is 0 Å². The van der Waals surface area contributed by atoms with Gasteiger partial charge < -0.3 is 10.2 Å². The summed E-state index contributed by atoms with van der Waals surface area (Å²) < 4.78 is 5.71. The van der Waals surface area contributed by atoms with Gasteiger partial charge in [-0.15, -0.1) is 11.3 Å². The van der Waals surface area contributed by atoms with Crippen molar-refractivity contribution in [1.29, 1.82) is 5.26 Å². The van der Waals surface area contributed by atoms with Crippen LogP contribution in [-0.2, 0) is 0 Å². The van der Waals surface area contributed by atoms with E-state index in [-0.39, 0.29) is 0 Å². The average molecular weight is 240 g/mol. The summed E-state index contributed by atoms with van der Waals surface area (Å²) in [6.45, 7) is 0. The van der Waals surface area contributed by atoms with E-state index in [1.54, 1.807) is 6.07 Å². The fourth-order valence-electron chi connectivity index (χ4n) is 1.72. The second-order valence-corrected chi connectivity index (χ2v) is 4.71. The van der Waals surface area contributed by atoms with E-state index in [4.69, 9.17) is 15.4 Å². The van der Waals surface area contributed by atoms with Crippen LogP contribution < -0.4 is 5.73 Å². The minimum atomic E-state index is 0.507. The van der Waals surface area contributed by atoms with Crippen LogP contribution in [0.5, 0.6) is 0 Å². The summed E-state index contributed by atoms with van der Waals surface area (Å²) >= 11 is 1.35. The lowest BCUT2D eigenvalue weighted by Gasteiger charge is -1.87. The second-order valence-electron chi connectivity index (χ2n) is 3.66. The summed E-state index contributed by atoms with van der Waals surface area (Å²) in [4.78, 5) is 1.41. The number of anilines is 1. The fourth-order valence-corrected chi connectivity index (χ4v) is 2.55. The monoisotopic (exact) mass is 240 g/mol. The zero-order chi connectivity index (χ0) is 11.8. The molecule has 0 unspecified atom stereocenters. The first kappa shape index (κ1) is 9.94. The Kier molecular flexibility index (Phi) is 2.13. The molecule has 1 aromatic carbocycles. The number of hydrogen-bond acceptors (Lipinski definition) is 4. The summed E-state index contributed by atoms with van der Waals surface area (Å²) in [7, 11) is 0. The molecule has 2 heterocycles. The van der Waals surface area contributed by atoms with Gasteiger partial charge >= 0.3 is 0 Å². The highest BCUT2D eigenvalue weighted by Gasteiger charge is 2.11. The van der Waals surface area contributed by atoms with Gasteiger partial charge in [0.2, 0.25) is 0 Å². The fraction of sp³-hybridized carbons (Fsp3) is 0. The third kappa shape index (κ3) is 1.57. The van der Waals surface area contributed by atoms with E-state index in [0.717, 1.165) is 21.6 Å². The largest absolute Gasteiger partial charge is 0.455 e. The molecule has 0 aliphatic rings. The Hall–Kier alpha value is -2.25. The number of furan rings is 1. The van der Waals surface area contributed by atoms with Gasteiger partial charge in [0, 0.05) is 5.39 Å². The Morgan fingerprint density at radius 2 is 2.06 bits per heavy atom. The maximum atomic E-state index is 8.87. The molecule has 2 N–H and O–H groups in total. The van der Waals surface area contributed by atoms with Gasteiger partial charge in [0.05, 0.1) is 10.6 Å². The van der Waals surface area contributed by atoms with Crippen LogP contribution in [-0.4, -0.2) is 0 Å². The number of nitrogen functional groups attached to an aromatic ring is 1. The molecule has 4 heteroatoms. The van der Waals surface area contributed by atoms with E-state index in [1.165, 1.54) is 11.3 Å². The molecule has 3 nitrogen and oxygen atoms in total. The van der Waals surface area contributed by atoms with Crippen molar-refractivity contribution < 1.29 is 4.42 Å². The first-order valence-electron chi connectivity index (χ1n) is 5.06. The molecule has 0 bridgehead atoms. The average Bonchev–Trinajstić information content (AvgIpc) is 2.91. The molecule has 3 aromatic rings. The Balaban J connectivity index is 2.17. The van der Waals surface area contributed by atoms with Gasteiger partial charge in [-0.25, -0.2) is 0 Å². The van der Waals surface area contributed by atoms with Gasteiger partial charge in [0.1, 0.15) is 22.3 Å². The second kappa shape index (κ2) is 3.65. The third-order valence-corrected chi connectivity index (χ3v) is 3.60. The number of rotatable bonds is 1. The van der Waals surface area contributed by atoms with Crippen LogP contribution in [0.15, 0.2) is 40.8 Å². The van der Waals surface area contributed by atoms with Crippen LogP contribution in [0.1, 0.15) is 4.88 Å². The summed E-state index contributed by atoms with van der Waals surface area (Å²) in [6, 6.07) is 13.6. The molecule has 82 valence electrons. The van der Waals surface area contributed by atoms with Crippen LogP contribution in [0.2, 0.25) is 0 Å². The van der Waals surface area contributed by atoms with Crippen molar-refractivity contribution in [3.8, 4) is 16.7 Å². The molecule has 0 saturated heterocycles. The van der Waals surface area contributed by atoms with E-state index in [1.807, 2.05) is 30.3 Å². The topological polar surface area (TPSA) is 63.0 Å². The third-order valence-electron chi connectivity index (χ3n) is 2.53. The highest BCUT2D eigenvalue weighted by Crippen LogP contribution is 2.35. The van der Waals surface area contributed by atoms with Crippen LogP contribution >= 0.6 is 11.3 Å². The predicted molar refractivity (Wildman–Crippen MR) is 68.7 cm³/mol. The van der Waals surface area contributed by atoms with E-state index >= 15 is 0 Å². The first-order chi connectivity index (χ1) is 8.28. The smallest absolute Gasteiger partial charge is 0.145 e. The zero-order valence-electron chi connectivity index (χ0n) is 8.81. The number of benzene rings is 1. The molecule has 0 atom stereocenters. The highest BCUT2D eigenvalue weighted by atomic mass is 32.1. The Labute approximate surface area is 102 Å². The number of thiophene rings is 1. The van der Waals surface area contributed by atoms with Gasteiger partial charge in [-0.1, -0.05) is 18.2 Å². The standard InChI is InChI=1S/C13H8N2OS/c14-7-13-9(15)6-12(17-13)11-5-8-3-1-2-4-10(8)16-11/h1-6H,15H2. The highest BCUT2D eigenvalue weighted by molar-refractivity contribution is 7.16. The minimum Gasteiger partial charge on any atom is -0.455 e. The molecule has 2 aromatic heterocycles. The summed E-state index contributed by atoms with van der Waals surface area (Å²) in [5, 5.41) is 9.92. The number of para-hydroxylation sites is 1. The molecule has 0 aliphatic carbocycles. The number of fused-ring (bicyclic) bond motifs is 1. The van der Waals surface area contributed by atoms with Gasteiger partial charge in [0.15, 0.2) is 0 Å². The number of nitriles is 1. The Bertz CT molecular complexity index is 700. The van der Waals surface area contributed by atoms with Crippen molar-refractivity contribution in [2.45, 2.75) is 0 Å². The summed E-state index contributed by atoms with van der Waals surface area (Å²) in [5.74, 6) is 0.754. The van der Waals surface area contributed by atoms with Gasteiger partial charge in [-0.05, 0) is 18.2 Å². The molecular weight excluding hydrogens is 232 g/mol. The van der Waals surface area contributed by atoms with Crippen molar-refractivity contribution >= 4 is 28.0 Å². The molecular formula is C13H8N2OS. The van der Waals surface area contributed by atoms with E-state index < -0.39 is 0 Å². The molecule has 0 aliphatic heterocycles. The quantitative estimate of drug-likeness (QED) is 0.706. The molecule has 0 fully saturated rings. The number of nitrogens with two attached hydrogens (primary N) is 1. The normalized spacial score (nSPS) is 10.5. The van der Waals surface area contributed by atoms with Crippen molar-refractivity contribution in [2.24, 2.45) is 0 Å². The Morgan fingerprint density at radius 1 is 1.24 bits per heavy atom. The predicted octanol–water partition coefficient (Wildman–Crippen LogP) is 3.62. The van der Waals surface area contributed by atoms with Crippen LogP contribution in [0.25, 0.3) is 21.6 Å². The van der Waals surface area contributed by atoms with Gasteiger partial charge in [-0.3, -0.25) is 0 Å². The van der Waals surface area contributed by atoms with Crippen molar-refractivity contribution in [2.75, 3.05) is 5.73 Å². The maximum Gasteiger partial charge on any atom is 0.145 e. The van der Waals surface area contributed by atoms with E-state index in [9.17, 15) is 0 Å². The van der Waals surface area contributed by atoms with Crippen LogP contribution in [0.4, 0.5) is 5.69 Å². The summed E-state index contributed by atoms with van der Waals surface area (Å²) in [5.41, 5.74) is 7.08. The molecule has 0 radical (unpaired) electrons. The van der Waals surface area contributed by atoms with E-state index in [0.29, 0.717) is 10.6 Å². The SMILES string of the molecule is N#Cc1sc(-c2cc3ccccc3o2)cc1N.